The highest BCUT2D eigenvalue weighted by molar-refractivity contribution is 7.90. The van der Waals surface area contributed by atoms with E-state index in [4.69, 9.17) is 9.47 Å². The zero-order valence-corrected chi connectivity index (χ0v) is 19.6. The van der Waals surface area contributed by atoms with Crippen LogP contribution in [0.2, 0.25) is 0 Å². The Kier molecular flexibility index (Phi) is 8.80. The predicted molar refractivity (Wildman–Crippen MR) is 120 cm³/mol. The summed E-state index contributed by atoms with van der Waals surface area (Å²) in [6.07, 6.45) is 1.55. The van der Waals surface area contributed by atoms with Crippen LogP contribution in [-0.4, -0.2) is 86.8 Å². The normalized spacial score (nSPS) is 15.1. The molecule has 32 heavy (non-hydrogen) atoms. The maximum Gasteiger partial charge on any atom is 0.228 e. The average molecular weight is 465 g/mol. The zero-order chi connectivity index (χ0) is 23.0. The first-order valence-electron chi connectivity index (χ1n) is 10.8. The van der Waals surface area contributed by atoms with Crippen LogP contribution in [-0.2, 0) is 42.9 Å². The van der Waals surface area contributed by atoms with Crippen molar-refractivity contribution in [2.45, 2.75) is 30.9 Å². The smallest absolute Gasteiger partial charge is 0.228 e. The molecule has 0 bridgehead atoms. The summed E-state index contributed by atoms with van der Waals surface area (Å²) >= 11 is 0. The topological polar surface area (TPSA) is 94.0 Å². The molecule has 2 aromatic rings. The highest BCUT2D eigenvalue weighted by atomic mass is 32.2. The molecule has 1 aromatic carbocycles. The van der Waals surface area contributed by atoms with Gasteiger partial charge in [-0.15, -0.1) is 0 Å². The Morgan fingerprint density at radius 1 is 1.19 bits per heavy atom. The Bertz CT molecular complexity index is 971. The van der Waals surface area contributed by atoms with Crippen LogP contribution in [0.15, 0.2) is 41.7 Å². The molecule has 1 amide bonds. The van der Waals surface area contributed by atoms with Crippen molar-refractivity contribution in [2.24, 2.45) is 0 Å². The van der Waals surface area contributed by atoms with Crippen LogP contribution >= 0.6 is 0 Å². The summed E-state index contributed by atoms with van der Waals surface area (Å²) in [5, 5.41) is 0.00471. The van der Waals surface area contributed by atoms with Gasteiger partial charge in [0.15, 0.2) is 0 Å². The molecule has 176 valence electrons. The van der Waals surface area contributed by atoms with Gasteiger partial charge in [-0.25, -0.2) is 13.4 Å². The lowest BCUT2D eigenvalue weighted by atomic mass is 10.2. The van der Waals surface area contributed by atoms with Crippen LogP contribution in [0.5, 0.6) is 0 Å². The second-order valence-corrected chi connectivity index (χ2v) is 9.70. The summed E-state index contributed by atoms with van der Waals surface area (Å²) in [5.74, 6) is -0.198. The lowest BCUT2D eigenvalue weighted by Gasteiger charge is -2.29. The van der Waals surface area contributed by atoms with E-state index in [0.717, 1.165) is 19.6 Å². The quantitative estimate of drug-likeness (QED) is 0.493. The molecule has 3 rings (SSSR count). The zero-order valence-electron chi connectivity index (χ0n) is 18.8. The summed E-state index contributed by atoms with van der Waals surface area (Å²) in [7, 11) is -2.10. The molecule has 0 saturated carbocycles. The minimum Gasteiger partial charge on any atom is -0.383 e. The number of nitrogens with zero attached hydrogens (tertiary/aromatic N) is 4. The molecular weight excluding hydrogens is 432 g/mol. The third-order valence-corrected chi connectivity index (χ3v) is 7.08. The molecular formula is C22H32N4O5S. The van der Waals surface area contributed by atoms with E-state index in [1.54, 1.807) is 34.9 Å². The number of sulfone groups is 1. The van der Waals surface area contributed by atoms with E-state index in [1.807, 2.05) is 18.2 Å². The van der Waals surface area contributed by atoms with Crippen LogP contribution in [0.3, 0.4) is 0 Å². The number of morpholine rings is 1. The molecule has 0 aliphatic carbocycles. The van der Waals surface area contributed by atoms with Crippen molar-refractivity contribution in [2.75, 3.05) is 53.1 Å². The molecule has 0 N–H and O–H groups in total. The fourth-order valence-corrected chi connectivity index (χ4v) is 5.19. The third kappa shape index (κ3) is 6.61. The molecule has 1 aliphatic heterocycles. The standard InChI is InChI=1S/C22H32N4O5S/c1-19(27)25(9-8-24-10-14-31-15-11-24)17-21-16-23-22(26(21)12-13-30-2)32(28,29)18-20-6-4-3-5-7-20/h3-7,16H,8-15,17-18H2,1-2H3. The van der Waals surface area contributed by atoms with Gasteiger partial charge in [-0.3, -0.25) is 9.69 Å². The number of hydrogen-bond donors (Lipinski definition) is 0. The first kappa shape index (κ1) is 24.4. The van der Waals surface area contributed by atoms with Gasteiger partial charge in [-0.1, -0.05) is 30.3 Å². The van der Waals surface area contributed by atoms with Crippen LogP contribution < -0.4 is 0 Å². The maximum absolute atomic E-state index is 13.1. The Morgan fingerprint density at radius 3 is 2.56 bits per heavy atom. The maximum atomic E-state index is 13.1. The van der Waals surface area contributed by atoms with Crippen LogP contribution in [0.1, 0.15) is 18.2 Å². The molecule has 10 heteroatoms. The fourth-order valence-electron chi connectivity index (χ4n) is 3.68. The van der Waals surface area contributed by atoms with E-state index < -0.39 is 9.84 Å². The summed E-state index contributed by atoms with van der Waals surface area (Å²) in [5.41, 5.74) is 1.37. The number of carbonyl (C=O) groups is 1. The lowest BCUT2D eigenvalue weighted by Crippen LogP contribution is -2.42. The minimum atomic E-state index is -3.67. The third-order valence-electron chi connectivity index (χ3n) is 5.49. The second kappa shape index (κ2) is 11.6. The van der Waals surface area contributed by atoms with Gasteiger partial charge in [0, 0.05) is 46.8 Å². The van der Waals surface area contributed by atoms with E-state index in [0.29, 0.717) is 44.2 Å². The highest BCUT2D eigenvalue weighted by Gasteiger charge is 2.25. The van der Waals surface area contributed by atoms with Crippen LogP contribution in [0.4, 0.5) is 0 Å². The van der Waals surface area contributed by atoms with Crippen LogP contribution in [0, 0.1) is 0 Å². The van der Waals surface area contributed by atoms with Crippen molar-refractivity contribution < 1.29 is 22.7 Å². The van der Waals surface area contributed by atoms with Gasteiger partial charge < -0.3 is 18.9 Å². The molecule has 0 unspecified atom stereocenters. The summed E-state index contributed by atoms with van der Waals surface area (Å²) in [6.45, 7) is 6.89. The minimum absolute atomic E-state index is 0.00471. The average Bonchev–Trinajstić information content (AvgIpc) is 3.19. The van der Waals surface area contributed by atoms with Crippen LogP contribution in [0.25, 0.3) is 0 Å². The van der Waals surface area contributed by atoms with Crippen molar-refractivity contribution in [3.8, 4) is 0 Å². The van der Waals surface area contributed by atoms with Gasteiger partial charge in [0.1, 0.15) is 0 Å². The summed E-state index contributed by atoms with van der Waals surface area (Å²) < 4.78 is 38.5. The number of methoxy groups -OCH3 is 1. The lowest BCUT2D eigenvalue weighted by molar-refractivity contribution is -0.129. The Morgan fingerprint density at radius 2 is 1.91 bits per heavy atom. The van der Waals surface area contributed by atoms with E-state index >= 15 is 0 Å². The van der Waals surface area contributed by atoms with Crippen molar-refractivity contribution in [1.82, 2.24) is 19.4 Å². The van der Waals surface area contributed by atoms with Gasteiger partial charge in [0.25, 0.3) is 0 Å². The Labute approximate surface area is 189 Å². The van der Waals surface area contributed by atoms with Crippen molar-refractivity contribution >= 4 is 15.7 Å². The van der Waals surface area contributed by atoms with Crippen molar-refractivity contribution in [1.29, 1.82) is 0 Å². The molecule has 0 radical (unpaired) electrons. The number of hydrogen-bond acceptors (Lipinski definition) is 7. The Hall–Kier alpha value is -2.27. The number of aromatic nitrogens is 2. The molecule has 1 fully saturated rings. The molecule has 1 aliphatic rings. The van der Waals surface area contributed by atoms with Gasteiger partial charge in [0.2, 0.25) is 20.9 Å². The highest BCUT2D eigenvalue weighted by Crippen LogP contribution is 2.19. The van der Waals surface area contributed by atoms with E-state index in [1.165, 1.54) is 6.92 Å². The molecule has 9 nitrogen and oxygen atoms in total. The Balaban J connectivity index is 1.78. The number of rotatable bonds is 11. The van der Waals surface area contributed by atoms with Gasteiger partial charge in [-0.2, -0.15) is 0 Å². The second-order valence-electron chi connectivity index (χ2n) is 7.82. The van der Waals surface area contributed by atoms with E-state index in [9.17, 15) is 13.2 Å². The monoisotopic (exact) mass is 464 g/mol. The molecule has 2 heterocycles. The number of benzene rings is 1. The van der Waals surface area contributed by atoms with Crippen molar-refractivity contribution in [3.05, 3.63) is 47.8 Å². The number of carbonyl (C=O) groups excluding carboxylic acids is 1. The number of amides is 1. The molecule has 0 spiro atoms. The summed E-state index contributed by atoms with van der Waals surface area (Å²) in [6, 6.07) is 9.04. The van der Waals surface area contributed by atoms with Gasteiger partial charge in [-0.05, 0) is 5.56 Å². The number of imidazole rings is 1. The summed E-state index contributed by atoms with van der Waals surface area (Å²) in [4.78, 5) is 20.5. The predicted octanol–water partition coefficient (Wildman–Crippen LogP) is 1.18. The van der Waals surface area contributed by atoms with E-state index in [-0.39, 0.29) is 23.4 Å². The SMILES string of the molecule is COCCn1c(CN(CCN2CCOCC2)C(C)=O)cnc1S(=O)(=O)Cc1ccccc1. The molecule has 0 atom stereocenters. The fraction of sp³-hybridized carbons (Fsp3) is 0.545. The molecule has 1 aromatic heterocycles. The van der Waals surface area contributed by atoms with Gasteiger partial charge in [0.05, 0.1) is 44.0 Å². The van der Waals surface area contributed by atoms with E-state index in [2.05, 4.69) is 9.88 Å². The number of ether oxygens (including phenoxy) is 2. The van der Waals surface area contributed by atoms with Crippen molar-refractivity contribution in [3.63, 3.8) is 0 Å². The van der Waals surface area contributed by atoms with Gasteiger partial charge >= 0.3 is 0 Å². The largest absolute Gasteiger partial charge is 0.383 e. The molecule has 1 saturated heterocycles. The first-order valence-corrected chi connectivity index (χ1v) is 12.4. The first-order chi connectivity index (χ1) is 15.4.